The first kappa shape index (κ1) is 13.3. The highest BCUT2D eigenvalue weighted by atomic mass is 16.5. The van der Waals surface area contributed by atoms with Crippen LogP contribution in [0, 0.1) is 13.8 Å². The van der Waals surface area contributed by atoms with Gasteiger partial charge in [0.1, 0.15) is 5.69 Å². The van der Waals surface area contributed by atoms with E-state index in [1.54, 1.807) is 14.0 Å². The molecule has 7 heteroatoms. The Bertz CT molecular complexity index is 818. The fourth-order valence-electron chi connectivity index (χ4n) is 2.21. The lowest BCUT2D eigenvalue weighted by Crippen LogP contribution is -2.03. The number of imidazole rings is 1. The fraction of sp³-hybridized carbons (Fsp3) is 0.286. The molecule has 0 saturated carbocycles. The fourth-order valence-corrected chi connectivity index (χ4v) is 2.21. The Kier molecular flexibility index (Phi) is 3.17. The van der Waals surface area contributed by atoms with Crippen LogP contribution in [0.4, 0.5) is 0 Å². The molecule has 0 unspecified atom stereocenters. The highest BCUT2D eigenvalue weighted by Crippen LogP contribution is 2.24. The molecular weight excluding hydrogens is 270 g/mol. The molecule has 0 aromatic carbocycles. The molecular formula is C14H15N5O2. The summed E-state index contributed by atoms with van der Waals surface area (Å²) in [7, 11) is 1.59. The number of aryl methyl sites for hydroxylation is 2. The summed E-state index contributed by atoms with van der Waals surface area (Å²) in [6, 6.07) is 0. The average Bonchev–Trinajstić information content (AvgIpc) is 3.08. The number of rotatable bonds is 4. The van der Waals surface area contributed by atoms with Crippen LogP contribution in [0.25, 0.3) is 17.4 Å². The first-order valence-electron chi connectivity index (χ1n) is 6.48. The van der Waals surface area contributed by atoms with Gasteiger partial charge in [-0.15, -0.1) is 6.58 Å². The van der Waals surface area contributed by atoms with Gasteiger partial charge in [0.2, 0.25) is 11.7 Å². The molecule has 0 saturated heterocycles. The number of methoxy groups -OCH3 is 1. The van der Waals surface area contributed by atoms with Gasteiger partial charge in [-0.25, -0.2) is 4.98 Å². The van der Waals surface area contributed by atoms with E-state index in [1.807, 2.05) is 23.6 Å². The zero-order valence-corrected chi connectivity index (χ0v) is 12.1. The van der Waals surface area contributed by atoms with Gasteiger partial charge < -0.3 is 9.26 Å². The van der Waals surface area contributed by atoms with Gasteiger partial charge in [-0.3, -0.25) is 4.40 Å². The van der Waals surface area contributed by atoms with Crippen molar-refractivity contribution in [3.05, 3.63) is 35.9 Å². The molecule has 7 nitrogen and oxygen atoms in total. The van der Waals surface area contributed by atoms with Crippen molar-refractivity contribution in [1.29, 1.82) is 0 Å². The summed E-state index contributed by atoms with van der Waals surface area (Å²) in [5, 5.41) is 3.77. The largest absolute Gasteiger partial charge is 0.481 e. The van der Waals surface area contributed by atoms with E-state index in [9.17, 15) is 0 Å². The number of fused-ring (bicyclic) bond motifs is 1. The Morgan fingerprint density at radius 2 is 2.14 bits per heavy atom. The van der Waals surface area contributed by atoms with Crippen molar-refractivity contribution in [2.75, 3.05) is 7.11 Å². The summed E-state index contributed by atoms with van der Waals surface area (Å²) < 4.78 is 12.4. The number of aromatic nitrogens is 5. The quantitative estimate of drug-likeness (QED) is 0.683. The van der Waals surface area contributed by atoms with E-state index in [1.165, 1.54) is 0 Å². The maximum absolute atomic E-state index is 5.34. The van der Waals surface area contributed by atoms with Crippen LogP contribution in [0.15, 0.2) is 23.4 Å². The van der Waals surface area contributed by atoms with Gasteiger partial charge in [-0.05, 0) is 20.3 Å². The van der Waals surface area contributed by atoms with Gasteiger partial charge in [0.15, 0.2) is 5.82 Å². The zero-order chi connectivity index (χ0) is 15.0. The minimum Gasteiger partial charge on any atom is -0.481 e. The maximum atomic E-state index is 5.34. The lowest BCUT2D eigenvalue weighted by atomic mass is 10.1. The molecule has 0 amide bonds. The minimum absolute atomic E-state index is 0.377. The monoisotopic (exact) mass is 285 g/mol. The second-order valence-electron chi connectivity index (χ2n) is 4.62. The maximum Gasteiger partial charge on any atom is 0.278 e. The molecule has 3 aromatic rings. The van der Waals surface area contributed by atoms with E-state index < -0.39 is 0 Å². The second kappa shape index (κ2) is 5.01. The predicted molar refractivity (Wildman–Crippen MR) is 76.2 cm³/mol. The summed E-state index contributed by atoms with van der Waals surface area (Å²) in [5.74, 6) is 2.03. The summed E-state index contributed by atoms with van der Waals surface area (Å²) in [4.78, 5) is 13.0. The Hall–Kier alpha value is -2.70. The average molecular weight is 285 g/mol. The van der Waals surface area contributed by atoms with Gasteiger partial charge in [0.05, 0.1) is 7.11 Å². The molecule has 0 atom stereocenters. The Morgan fingerprint density at radius 3 is 2.76 bits per heavy atom. The van der Waals surface area contributed by atoms with Crippen LogP contribution in [-0.4, -0.2) is 31.6 Å². The molecule has 3 rings (SSSR count). The zero-order valence-electron chi connectivity index (χ0n) is 12.1. The van der Waals surface area contributed by atoms with Gasteiger partial charge in [0, 0.05) is 17.5 Å². The van der Waals surface area contributed by atoms with Crippen LogP contribution in [0.3, 0.4) is 0 Å². The first-order valence-corrected chi connectivity index (χ1v) is 6.48. The Morgan fingerprint density at radius 1 is 1.33 bits per heavy atom. The lowest BCUT2D eigenvalue weighted by molar-refractivity contribution is 0.393. The van der Waals surface area contributed by atoms with Crippen molar-refractivity contribution < 1.29 is 9.26 Å². The highest BCUT2D eigenvalue weighted by molar-refractivity contribution is 5.54. The third-order valence-electron chi connectivity index (χ3n) is 3.23. The lowest BCUT2D eigenvalue weighted by Gasteiger charge is -2.10. The van der Waals surface area contributed by atoms with Crippen LogP contribution in [0.5, 0.6) is 5.88 Å². The van der Waals surface area contributed by atoms with Crippen molar-refractivity contribution in [1.82, 2.24) is 24.5 Å². The molecule has 0 aliphatic carbocycles. The normalized spacial score (nSPS) is 11.0. The van der Waals surface area contributed by atoms with E-state index in [-0.39, 0.29) is 0 Å². The van der Waals surface area contributed by atoms with E-state index in [0.717, 1.165) is 11.3 Å². The van der Waals surface area contributed by atoms with Gasteiger partial charge >= 0.3 is 0 Å². The molecule has 0 fully saturated rings. The summed E-state index contributed by atoms with van der Waals surface area (Å²) in [6.07, 6.45) is 4.32. The molecule has 21 heavy (non-hydrogen) atoms. The van der Waals surface area contributed by atoms with E-state index in [0.29, 0.717) is 35.5 Å². The van der Waals surface area contributed by atoms with E-state index in [2.05, 4.69) is 26.7 Å². The Labute approximate surface area is 121 Å². The smallest absolute Gasteiger partial charge is 0.278 e. The second-order valence-corrected chi connectivity index (χ2v) is 4.62. The number of allylic oxidation sites excluding steroid dienone is 1. The molecule has 0 radical (unpaired) electrons. The van der Waals surface area contributed by atoms with E-state index in [4.69, 9.17) is 9.26 Å². The molecule has 0 aliphatic rings. The third kappa shape index (κ3) is 2.16. The number of hydrogen-bond acceptors (Lipinski definition) is 6. The summed E-state index contributed by atoms with van der Waals surface area (Å²) >= 11 is 0. The van der Waals surface area contributed by atoms with Crippen molar-refractivity contribution in [3.8, 4) is 17.5 Å². The molecule has 3 heterocycles. The topological polar surface area (TPSA) is 78.3 Å². The van der Waals surface area contributed by atoms with Crippen LogP contribution in [0.1, 0.15) is 17.1 Å². The summed E-state index contributed by atoms with van der Waals surface area (Å²) in [5.41, 5.74) is 2.56. The van der Waals surface area contributed by atoms with Crippen LogP contribution < -0.4 is 4.74 Å². The van der Waals surface area contributed by atoms with Crippen molar-refractivity contribution in [2.45, 2.75) is 20.3 Å². The third-order valence-corrected chi connectivity index (χ3v) is 3.23. The van der Waals surface area contributed by atoms with Crippen LogP contribution in [-0.2, 0) is 6.42 Å². The predicted octanol–water partition coefficient (Wildman–Crippen LogP) is 2.13. The summed E-state index contributed by atoms with van der Waals surface area (Å²) in [6.45, 7) is 7.51. The first-order chi connectivity index (χ1) is 10.1. The van der Waals surface area contributed by atoms with Crippen LogP contribution in [0.2, 0.25) is 0 Å². The molecule has 0 N–H and O–H groups in total. The number of nitrogens with zero attached hydrogens (tertiary/aromatic N) is 5. The van der Waals surface area contributed by atoms with Crippen molar-refractivity contribution in [3.63, 3.8) is 0 Å². The van der Waals surface area contributed by atoms with Gasteiger partial charge in [0.25, 0.3) is 5.89 Å². The van der Waals surface area contributed by atoms with E-state index >= 15 is 0 Å². The van der Waals surface area contributed by atoms with Crippen LogP contribution >= 0.6 is 0 Å². The molecule has 0 bridgehead atoms. The van der Waals surface area contributed by atoms with Crippen molar-refractivity contribution >= 4 is 5.78 Å². The van der Waals surface area contributed by atoms with Crippen molar-refractivity contribution in [2.24, 2.45) is 0 Å². The molecule has 0 spiro atoms. The Balaban J connectivity index is 2.21. The molecule has 0 aliphatic heterocycles. The number of ether oxygens (including phenoxy) is 1. The number of hydrogen-bond donors (Lipinski definition) is 0. The standard InChI is InChI=1S/C14H15N5O2/c1-5-6-10-8(2)19-7-11(13-15-9(3)18-21-13)16-14(19)17-12(10)20-4/h5,7H,1,6H2,2-4H3. The van der Waals surface area contributed by atoms with Gasteiger partial charge in [-0.2, -0.15) is 9.97 Å². The van der Waals surface area contributed by atoms with Gasteiger partial charge in [-0.1, -0.05) is 11.2 Å². The molecule has 108 valence electrons. The molecule has 3 aromatic heterocycles. The minimum atomic E-state index is 0.377. The highest BCUT2D eigenvalue weighted by Gasteiger charge is 2.17. The SMILES string of the molecule is C=CCc1c(OC)nc2nc(-c3nc(C)no3)cn2c1C.